The maximum absolute atomic E-state index is 13.3. The van der Waals surface area contributed by atoms with Gasteiger partial charge in [-0.25, -0.2) is 19.6 Å². The van der Waals surface area contributed by atoms with E-state index in [9.17, 15) is 28.8 Å². The van der Waals surface area contributed by atoms with Gasteiger partial charge in [0.2, 0.25) is 28.8 Å². The highest BCUT2D eigenvalue weighted by atomic mass is 35.5. The molecule has 5 saturated heterocycles. The van der Waals surface area contributed by atoms with Crippen molar-refractivity contribution in [3.63, 3.8) is 0 Å². The van der Waals surface area contributed by atoms with Crippen molar-refractivity contribution in [2.45, 2.75) is 83.5 Å². The fraction of sp³-hybridized carbons (Fsp3) is 0.415. The lowest BCUT2D eigenvalue weighted by molar-refractivity contribution is -0.112. The summed E-state index contributed by atoms with van der Waals surface area (Å²) in [5.41, 5.74) is 11.5. The molecule has 0 saturated carbocycles. The maximum atomic E-state index is 13.3. The van der Waals surface area contributed by atoms with Crippen LogP contribution in [0.5, 0.6) is 11.8 Å². The minimum Gasteiger partial charge on any atom is -0.480 e. The number of carbonyl (C=O) groups excluding carboxylic acids is 4. The molecular formula is C65H82Cl4N12O10. The highest BCUT2D eigenvalue weighted by Gasteiger charge is 2.30. The van der Waals surface area contributed by atoms with Crippen LogP contribution in [0.3, 0.4) is 0 Å². The van der Waals surface area contributed by atoms with Crippen LogP contribution < -0.4 is 45.9 Å². The lowest BCUT2D eigenvalue weighted by Gasteiger charge is -2.31. The third-order valence-corrected chi connectivity index (χ3v) is 16.2. The van der Waals surface area contributed by atoms with E-state index in [-0.39, 0.29) is 41.6 Å². The number of benzene rings is 3. The molecule has 5 aliphatic heterocycles. The largest absolute Gasteiger partial charge is 0.480 e. The molecule has 0 spiro atoms. The van der Waals surface area contributed by atoms with E-state index >= 15 is 0 Å². The molecule has 3 amide bonds. The van der Waals surface area contributed by atoms with E-state index in [2.05, 4.69) is 70.3 Å². The first-order valence-corrected chi connectivity index (χ1v) is 31.2. The molecule has 3 aromatic carbocycles. The van der Waals surface area contributed by atoms with Crippen molar-refractivity contribution in [3.8, 4) is 11.8 Å². The number of carboxylic acids is 2. The number of anilines is 6. The van der Waals surface area contributed by atoms with Crippen molar-refractivity contribution in [2.24, 2.45) is 11.8 Å². The number of rotatable bonds is 17. The Morgan fingerprint density at radius 1 is 0.615 bits per heavy atom. The van der Waals surface area contributed by atoms with Gasteiger partial charge in [-0.05, 0) is 180 Å². The zero-order chi connectivity index (χ0) is 65.1. The van der Waals surface area contributed by atoms with Crippen LogP contribution in [0.4, 0.5) is 34.1 Å². The number of likely N-dealkylation sites (tertiary alicyclic amines) is 1. The van der Waals surface area contributed by atoms with Crippen LogP contribution in [0, 0.1) is 11.8 Å². The predicted molar refractivity (Wildman–Crippen MR) is 361 cm³/mol. The van der Waals surface area contributed by atoms with Gasteiger partial charge in [-0.1, -0.05) is 42.9 Å². The summed E-state index contributed by atoms with van der Waals surface area (Å²) >= 11 is 16.6. The van der Waals surface area contributed by atoms with Crippen LogP contribution in [-0.4, -0.2) is 150 Å². The number of aromatic carboxylic acids is 2. The minimum absolute atomic E-state index is 0. The van der Waals surface area contributed by atoms with Crippen LogP contribution in [-0.2, 0) is 27.2 Å². The van der Waals surface area contributed by atoms with Crippen LogP contribution in [0.15, 0.2) is 105 Å². The number of nitrogen functional groups attached to an aromatic ring is 1. The molecule has 7 N–H and O–H groups in total. The molecule has 2 atom stereocenters. The second-order valence-corrected chi connectivity index (χ2v) is 23.0. The Balaban J connectivity index is 0.000000226. The van der Waals surface area contributed by atoms with Crippen LogP contribution in [0.2, 0.25) is 10.0 Å². The zero-order valence-electron chi connectivity index (χ0n) is 51.5. The fourth-order valence-corrected chi connectivity index (χ4v) is 11.1. The van der Waals surface area contributed by atoms with E-state index in [1.807, 2.05) is 17.0 Å². The lowest BCUT2D eigenvalue weighted by Crippen LogP contribution is -2.32. The summed E-state index contributed by atoms with van der Waals surface area (Å²) in [6.45, 7) is 19.0. The molecular weight excluding hydrogens is 1250 g/mol. The van der Waals surface area contributed by atoms with Crippen LogP contribution >= 0.6 is 47.2 Å². The zero-order valence-corrected chi connectivity index (χ0v) is 54.6. The molecule has 0 unspecified atom stereocenters. The Morgan fingerprint density at radius 2 is 1.03 bits per heavy atom. The number of carbonyl (C=O) groups is 6. The van der Waals surface area contributed by atoms with E-state index in [1.165, 1.54) is 51.0 Å². The number of methoxy groups -OCH3 is 2. The van der Waals surface area contributed by atoms with Crippen molar-refractivity contribution in [1.82, 2.24) is 30.2 Å². The van der Waals surface area contributed by atoms with Crippen molar-refractivity contribution in [2.75, 3.05) is 111 Å². The summed E-state index contributed by atoms with van der Waals surface area (Å²) in [5.74, 6) is 0.768. The molecule has 5 aliphatic rings. The molecule has 5 fully saturated rings. The molecule has 0 bridgehead atoms. The number of nitrogens with zero attached hydrogens (tertiary/aromatic N) is 8. The molecule has 7 heterocycles. The molecule has 91 heavy (non-hydrogen) atoms. The predicted octanol–water partition coefficient (Wildman–Crippen LogP) is 11.1. The van der Waals surface area contributed by atoms with Gasteiger partial charge in [-0.3, -0.25) is 19.2 Å². The number of allylic oxidation sites excluding steroid dienone is 1. The first-order valence-electron chi connectivity index (χ1n) is 30.0. The van der Waals surface area contributed by atoms with Crippen molar-refractivity contribution in [3.05, 3.63) is 143 Å². The summed E-state index contributed by atoms with van der Waals surface area (Å²) in [4.78, 5) is 93.8. The Labute approximate surface area is 553 Å². The number of nitrogens with one attached hydrogen (secondary N) is 3. The Kier molecular flexibility index (Phi) is 30.8. The molecule has 22 nitrogen and oxygen atoms in total. The maximum Gasteiger partial charge on any atom is 0.335 e. The van der Waals surface area contributed by atoms with Gasteiger partial charge < -0.3 is 61.0 Å². The number of amides is 3. The number of hydrogen-bond acceptors (Lipinski definition) is 17. The van der Waals surface area contributed by atoms with Crippen molar-refractivity contribution in [1.29, 1.82) is 0 Å². The minimum atomic E-state index is -0.968. The summed E-state index contributed by atoms with van der Waals surface area (Å²) in [6, 6.07) is 15.2. The highest BCUT2D eigenvalue weighted by molar-refractivity contribution is 6.66. The van der Waals surface area contributed by atoms with Gasteiger partial charge in [-0.2, -0.15) is 9.97 Å². The molecule has 26 heteroatoms. The topological polar surface area (TPSA) is 288 Å². The quantitative estimate of drug-likeness (QED) is 0.0286. The smallest absolute Gasteiger partial charge is 0.335 e. The number of aromatic nitrogens is 4. The Morgan fingerprint density at radius 3 is 1.45 bits per heavy atom. The summed E-state index contributed by atoms with van der Waals surface area (Å²) < 4.78 is 10.2. The standard InChI is InChI=1S/C25H30ClN5O3.C15H18N2O3.C12H16N2O2.C10H14ClN3O.C3H3ClO.ClH/c1-3-23(32)28-20-8-7-18(14-21(20)30-10-5-4-6-11-30)25(33)31-12-9-17(16-31)13-22-27-15-19(26)24(29-22)34-2;1-2-14(18)16-12-7-6-11(15(19)20)10-13(12)17-8-4-3-5-9-17;13-10-5-4-9(12(15)16)8-11(10)14-6-2-1-3-7-14;1-15-10-8(11)6-13-9(14-10)4-7-2-3-12-5-7;1-2-3(4)5;/h3,7-8,14-15,17H,1,4-6,9-13,16H2,2H3,(H,28,32);2,6-7,10H,1,3-5,8-9H2,(H,16,18)(H,19,20);4-5,8H,1-3,6-7,13H2,(H,15,16);6-7,12H,2-5H2,1H3;2H,1H2;1H/t17-;;;7-;;/m0..0../s1. The van der Waals surface area contributed by atoms with Crippen LogP contribution in [0.25, 0.3) is 0 Å². The van der Waals surface area contributed by atoms with Gasteiger partial charge in [0, 0.05) is 70.8 Å². The first kappa shape index (κ1) is 73.7. The molecule has 490 valence electrons. The van der Waals surface area contributed by atoms with E-state index in [0.29, 0.717) is 81.2 Å². The van der Waals surface area contributed by atoms with E-state index in [0.717, 1.165) is 133 Å². The summed E-state index contributed by atoms with van der Waals surface area (Å²) in [7, 11) is 3.09. The van der Waals surface area contributed by atoms with Gasteiger partial charge in [0.1, 0.15) is 21.7 Å². The molecule has 0 radical (unpaired) electrons. The molecule has 2 aromatic heterocycles. The fourth-order valence-electron chi connectivity index (χ4n) is 10.8. The average molecular weight is 1330 g/mol. The number of carboxylic acid groups (broad SMARTS) is 2. The summed E-state index contributed by atoms with van der Waals surface area (Å²) in [5, 5.41) is 27.3. The Bertz CT molecular complexity index is 3300. The SMILES string of the molecule is C=CC(=O)Cl.C=CC(=O)Nc1ccc(C(=O)N2CC[C@@H](Cc3ncc(Cl)c(OC)n3)C2)cc1N1CCCCC1.C=CC(=O)Nc1ccc(C(=O)O)cc1N1CCCCC1.COc1nc(C[C@@H]2CCNC2)ncc1Cl.Cl.Nc1ccc(C(=O)O)cc1N1CCCCC1. The van der Waals surface area contributed by atoms with Crippen molar-refractivity contribution < 1.29 is 48.5 Å². The van der Waals surface area contributed by atoms with Crippen LogP contribution in [0.1, 0.15) is 113 Å². The van der Waals surface area contributed by atoms with Gasteiger partial charge in [0.15, 0.2) is 0 Å². The highest BCUT2D eigenvalue weighted by Crippen LogP contribution is 2.34. The van der Waals surface area contributed by atoms with Gasteiger partial charge in [0.05, 0.1) is 71.9 Å². The second kappa shape index (κ2) is 38.0. The third-order valence-electron chi connectivity index (χ3n) is 15.5. The number of piperidine rings is 3. The van der Waals surface area contributed by atoms with Gasteiger partial charge in [0.25, 0.3) is 5.91 Å². The van der Waals surface area contributed by atoms with E-state index in [4.69, 9.17) is 60.2 Å². The average Bonchev–Trinajstić information content (AvgIpc) is 2.13. The number of nitrogens with two attached hydrogens (primary N) is 1. The van der Waals surface area contributed by atoms with E-state index < -0.39 is 17.2 Å². The molecule has 0 aliphatic carbocycles. The van der Waals surface area contributed by atoms with Crippen molar-refractivity contribution >= 4 is 116 Å². The number of hydrogen-bond donors (Lipinski definition) is 6. The Hall–Kier alpha value is -8.02. The molecule has 5 aromatic rings. The second-order valence-electron chi connectivity index (χ2n) is 21.8. The summed E-state index contributed by atoms with van der Waals surface area (Å²) in [6.07, 6.45) is 20.5. The number of halogens is 4. The molecule has 10 rings (SSSR count). The van der Waals surface area contributed by atoms with E-state index in [1.54, 1.807) is 55.9 Å². The van der Waals surface area contributed by atoms with Gasteiger partial charge in [-0.15, -0.1) is 12.4 Å². The third kappa shape index (κ3) is 23.0. The normalized spacial score (nSPS) is 16.5. The first-order chi connectivity index (χ1) is 43.3. The number of ether oxygens (including phenoxy) is 2. The lowest BCUT2D eigenvalue weighted by atomic mass is 10.0. The monoisotopic (exact) mass is 1330 g/mol. The van der Waals surface area contributed by atoms with Gasteiger partial charge >= 0.3 is 11.9 Å².